The number of aromatic nitrogens is 1. The van der Waals surface area contributed by atoms with Gasteiger partial charge in [0.05, 0.1) is 25.5 Å². The van der Waals surface area contributed by atoms with Crippen molar-refractivity contribution in [3.8, 4) is 5.88 Å². The van der Waals surface area contributed by atoms with Crippen molar-refractivity contribution < 1.29 is 9.47 Å². The van der Waals surface area contributed by atoms with Crippen molar-refractivity contribution in [1.29, 1.82) is 0 Å². The Hall–Kier alpha value is -1.13. The van der Waals surface area contributed by atoms with Crippen LogP contribution in [0.25, 0.3) is 0 Å². The van der Waals surface area contributed by atoms with E-state index in [0.717, 1.165) is 31.6 Å². The Labute approximate surface area is 96.0 Å². The molecule has 0 atom stereocenters. The van der Waals surface area contributed by atoms with Crippen molar-refractivity contribution >= 4 is 0 Å². The maximum Gasteiger partial charge on any atom is 0.213 e. The van der Waals surface area contributed by atoms with Crippen LogP contribution in [0.4, 0.5) is 0 Å². The molecule has 4 heteroatoms. The highest BCUT2D eigenvalue weighted by Crippen LogP contribution is 2.12. The molecule has 0 spiro atoms. The van der Waals surface area contributed by atoms with E-state index in [1.165, 1.54) is 0 Å². The number of nitrogens with one attached hydrogen (secondary N) is 1. The SMILES string of the molecule is COc1cccc(COC2CCNCC2)n1. The van der Waals surface area contributed by atoms with Crippen LogP contribution in [0.5, 0.6) is 5.88 Å². The highest BCUT2D eigenvalue weighted by atomic mass is 16.5. The molecule has 1 aromatic rings. The molecular weight excluding hydrogens is 204 g/mol. The van der Waals surface area contributed by atoms with Crippen LogP contribution in [0, 0.1) is 0 Å². The number of hydrogen-bond acceptors (Lipinski definition) is 4. The van der Waals surface area contributed by atoms with Crippen LogP contribution in [0.3, 0.4) is 0 Å². The molecule has 2 heterocycles. The Morgan fingerprint density at radius 2 is 2.19 bits per heavy atom. The molecule has 4 nitrogen and oxygen atoms in total. The molecule has 1 aliphatic heterocycles. The fourth-order valence-corrected chi connectivity index (χ4v) is 1.82. The van der Waals surface area contributed by atoms with Gasteiger partial charge in [-0.3, -0.25) is 0 Å². The molecular formula is C12H18N2O2. The molecule has 0 aromatic carbocycles. The van der Waals surface area contributed by atoms with Gasteiger partial charge in [-0.05, 0) is 32.0 Å². The second-order valence-electron chi connectivity index (χ2n) is 3.93. The summed E-state index contributed by atoms with van der Waals surface area (Å²) in [6.45, 7) is 2.67. The second-order valence-corrected chi connectivity index (χ2v) is 3.93. The quantitative estimate of drug-likeness (QED) is 0.835. The molecule has 16 heavy (non-hydrogen) atoms. The van der Waals surface area contributed by atoms with Gasteiger partial charge in [0.2, 0.25) is 5.88 Å². The van der Waals surface area contributed by atoms with Crippen LogP contribution in [-0.4, -0.2) is 31.3 Å². The normalized spacial score (nSPS) is 17.3. The summed E-state index contributed by atoms with van der Waals surface area (Å²) in [7, 11) is 1.62. The maximum absolute atomic E-state index is 5.81. The topological polar surface area (TPSA) is 43.4 Å². The monoisotopic (exact) mass is 222 g/mol. The Morgan fingerprint density at radius 3 is 2.94 bits per heavy atom. The fourth-order valence-electron chi connectivity index (χ4n) is 1.82. The molecule has 0 saturated carbocycles. The predicted octanol–water partition coefficient (Wildman–Crippen LogP) is 1.36. The highest BCUT2D eigenvalue weighted by molar-refractivity contribution is 5.15. The Bertz CT molecular complexity index is 325. The molecule has 88 valence electrons. The van der Waals surface area contributed by atoms with E-state index in [0.29, 0.717) is 18.6 Å². The minimum Gasteiger partial charge on any atom is -0.481 e. The van der Waals surface area contributed by atoms with Gasteiger partial charge in [-0.1, -0.05) is 6.07 Å². The first-order valence-electron chi connectivity index (χ1n) is 5.71. The predicted molar refractivity (Wildman–Crippen MR) is 61.5 cm³/mol. The minimum atomic E-state index is 0.370. The van der Waals surface area contributed by atoms with E-state index in [-0.39, 0.29) is 0 Å². The number of nitrogens with zero attached hydrogens (tertiary/aromatic N) is 1. The van der Waals surface area contributed by atoms with Crippen molar-refractivity contribution in [2.24, 2.45) is 0 Å². The first-order valence-corrected chi connectivity index (χ1v) is 5.71. The lowest BCUT2D eigenvalue weighted by Gasteiger charge is -2.22. The van der Waals surface area contributed by atoms with Gasteiger partial charge in [-0.25, -0.2) is 4.98 Å². The average molecular weight is 222 g/mol. The molecule has 0 radical (unpaired) electrons. The van der Waals surface area contributed by atoms with Crippen LogP contribution in [0.2, 0.25) is 0 Å². The summed E-state index contributed by atoms with van der Waals surface area (Å²) >= 11 is 0. The van der Waals surface area contributed by atoms with Gasteiger partial charge in [0, 0.05) is 6.07 Å². The number of ether oxygens (including phenoxy) is 2. The van der Waals surface area contributed by atoms with E-state index in [1.807, 2.05) is 18.2 Å². The van der Waals surface area contributed by atoms with Crippen LogP contribution in [0.15, 0.2) is 18.2 Å². The van der Waals surface area contributed by atoms with E-state index >= 15 is 0 Å². The van der Waals surface area contributed by atoms with Crippen molar-refractivity contribution in [1.82, 2.24) is 10.3 Å². The van der Waals surface area contributed by atoms with E-state index < -0.39 is 0 Å². The molecule has 0 amide bonds. The van der Waals surface area contributed by atoms with Gasteiger partial charge >= 0.3 is 0 Å². The summed E-state index contributed by atoms with van der Waals surface area (Å²) in [5, 5.41) is 3.32. The van der Waals surface area contributed by atoms with E-state index in [2.05, 4.69) is 10.3 Å². The maximum atomic E-state index is 5.81. The standard InChI is InChI=1S/C12H18N2O2/c1-15-12-4-2-3-10(14-12)9-16-11-5-7-13-8-6-11/h2-4,11,13H,5-9H2,1H3. The smallest absolute Gasteiger partial charge is 0.213 e. The first-order chi connectivity index (χ1) is 7.88. The molecule has 1 aliphatic rings. The van der Waals surface area contributed by atoms with Crippen LogP contribution >= 0.6 is 0 Å². The van der Waals surface area contributed by atoms with Gasteiger partial charge in [-0.2, -0.15) is 0 Å². The number of piperidine rings is 1. The molecule has 0 unspecified atom stereocenters. The third-order valence-corrected chi connectivity index (χ3v) is 2.74. The molecule has 1 N–H and O–H groups in total. The minimum absolute atomic E-state index is 0.370. The van der Waals surface area contributed by atoms with E-state index in [1.54, 1.807) is 7.11 Å². The summed E-state index contributed by atoms with van der Waals surface area (Å²) in [4.78, 5) is 4.31. The molecule has 0 bridgehead atoms. The lowest BCUT2D eigenvalue weighted by molar-refractivity contribution is 0.0194. The first kappa shape index (κ1) is 11.4. The fraction of sp³-hybridized carbons (Fsp3) is 0.583. The number of hydrogen-bond donors (Lipinski definition) is 1. The zero-order chi connectivity index (χ0) is 11.2. The molecule has 2 rings (SSSR count). The largest absolute Gasteiger partial charge is 0.481 e. The number of methoxy groups -OCH3 is 1. The molecule has 0 aliphatic carbocycles. The Kier molecular flexibility index (Phi) is 4.13. The highest BCUT2D eigenvalue weighted by Gasteiger charge is 2.13. The van der Waals surface area contributed by atoms with E-state index in [9.17, 15) is 0 Å². The van der Waals surface area contributed by atoms with Crippen molar-refractivity contribution in [2.75, 3.05) is 20.2 Å². The summed E-state index contributed by atoms with van der Waals surface area (Å²) in [5.41, 5.74) is 0.929. The van der Waals surface area contributed by atoms with Crippen molar-refractivity contribution in [2.45, 2.75) is 25.6 Å². The zero-order valence-electron chi connectivity index (χ0n) is 9.61. The second kappa shape index (κ2) is 5.82. The Morgan fingerprint density at radius 1 is 1.38 bits per heavy atom. The summed E-state index contributed by atoms with van der Waals surface area (Å²) < 4.78 is 10.9. The third-order valence-electron chi connectivity index (χ3n) is 2.74. The number of pyridine rings is 1. The van der Waals surface area contributed by atoms with Crippen molar-refractivity contribution in [3.63, 3.8) is 0 Å². The van der Waals surface area contributed by atoms with Crippen molar-refractivity contribution in [3.05, 3.63) is 23.9 Å². The molecule has 1 aromatic heterocycles. The van der Waals surface area contributed by atoms with Gasteiger partial charge in [0.1, 0.15) is 0 Å². The summed E-state index contributed by atoms with van der Waals surface area (Å²) in [5.74, 6) is 0.645. The Balaban J connectivity index is 1.83. The van der Waals surface area contributed by atoms with Gasteiger partial charge in [0.25, 0.3) is 0 Å². The van der Waals surface area contributed by atoms with Crippen LogP contribution < -0.4 is 10.1 Å². The zero-order valence-corrected chi connectivity index (χ0v) is 9.61. The third kappa shape index (κ3) is 3.18. The van der Waals surface area contributed by atoms with Gasteiger partial charge in [-0.15, -0.1) is 0 Å². The van der Waals surface area contributed by atoms with Crippen LogP contribution in [0.1, 0.15) is 18.5 Å². The van der Waals surface area contributed by atoms with Gasteiger partial charge in [0.15, 0.2) is 0 Å². The number of rotatable bonds is 4. The molecule has 1 fully saturated rings. The average Bonchev–Trinajstić information content (AvgIpc) is 2.38. The van der Waals surface area contributed by atoms with Crippen LogP contribution in [-0.2, 0) is 11.3 Å². The van der Waals surface area contributed by atoms with E-state index in [4.69, 9.17) is 9.47 Å². The lowest BCUT2D eigenvalue weighted by Crippen LogP contribution is -2.32. The summed E-state index contributed by atoms with van der Waals surface area (Å²) in [6.07, 6.45) is 2.54. The summed E-state index contributed by atoms with van der Waals surface area (Å²) in [6, 6.07) is 5.74. The lowest BCUT2D eigenvalue weighted by atomic mass is 10.1. The molecule has 1 saturated heterocycles. The van der Waals surface area contributed by atoms with Gasteiger partial charge < -0.3 is 14.8 Å².